The van der Waals surface area contributed by atoms with Gasteiger partial charge in [-0.05, 0) is 25.7 Å². The summed E-state index contributed by atoms with van der Waals surface area (Å²) in [6.07, 6.45) is 4.57. The van der Waals surface area contributed by atoms with Gasteiger partial charge in [0.25, 0.3) is 0 Å². The van der Waals surface area contributed by atoms with Crippen molar-refractivity contribution >= 4 is 35.8 Å². The molecule has 3 rings (SSSR count). The van der Waals surface area contributed by atoms with Crippen LogP contribution in [0.1, 0.15) is 25.7 Å². The van der Waals surface area contributed by atoms with E-state index in [9.17, 15) is 4.79 Å². The monoisotopic (exact) mass is 422 g/mol. The van der Waals surface area contributed by atoms with E-state index in [4.69, 9.17) is 4.74 Å². The lowest BCUT2D eigenvalue weighted by molar-refractivity contribution is -0.128. The summed E-state index contributed by atoms with van der Waals surface area (Å²) in [5.74, 6) is 1.04. The first-order chi connectivity index (χ1) is 10.2. The number of carbonyl (C=O) groups is 1. The van der Waals surface area contributed by atoms with E-state index in [1.54, 1.807) is 7.05 Å². The van der Waals surface area contributed by atoms with Crippen LogP contribution < -0.4 is 5.32 Å². The van der Waals surface area contributed by atoms with Crippen molar-refractivity contribution in [3.63, 3.8) is 0 Å². The Bertz CT molecular complexity index is 418. The van der Waals surface area contributed by atoms with E-state index in [2.05, 4.69) is 15.2 Å². The van der Waals surface area contributed by atoms with E-state index >= 15 is 0 Å². The number of guanidine groups is 1. The van der Waals surface area contributed by atoms with Crippen LogP contribution in [0.25, 0.3) is 0 Å². The largest absolute Gasteiger partial charge is 0.381 e. The predicted molar refractivity (Wildman–Crippen MR) is 96.6 cm³/mol. The minimum Gasteiger partial charge on any atom is -0.381 e. The number of nitrogens with one attached hydrogen (secondary N) is 1. The molecule has 3 aliphatic heterocycles. The SMILES string of the molecule is CN=C(NCC(=O)N1CCCC1)N1CCC2(CCOC2)C1.I. The van der Waals surface area contributed by atoms with Gasteiger partial charge >= 0.3 is 0 Å². The molecular weight excluding hydrogens is 395 g/mol. The van der Waals surface area contributed by atoms with Gasteiger partial charge in [0, 0.05) is 45.2 Å². The third kappa shape index (κ3) is 3.84. The van der Waals surface area contributed by atoms with E-state index in [0.717, 1.165) is 71.0 Å². The second kappa shape index (κ2) is 7.81. The number of nitrogens with zero attached hydrogens (tertiary/aromatic N) is 3. The molecule has 1 unspecified atom stereocenters. The summed E-state index contributed by atoms with van der Waals surface area (Å²) in [6, 6.07) is 0. The van der Waals surface area contributed by atoms with Crippen molar-refractivity contribution < 1.29 is 9.53 Å². The molecule has 0 aromatic rings. The maximum absolute atomic E-state index is 12.1. The molecule has 0 aromatic heterocycles. The summed E-state index contributed by atoms with van der Waals surface area (Å²) in [6.45, 7) is 5.91. The number of ether oxygens (including phenoxy) is 1. The standard InChI is InChI=1S/C15H26N4O2.HI/c1-16-14(17-10-13(20)18-6-2-3-7-18)19-8-4-15(11-19)5-9-21-12-15;/h2-12H2,1H3,(H,16,17);1H. The summed E-state index contributed by atoms with van der Waals surface area (Å²) in [5, 5.41) is 3.24. The molecule has 22 heavy (non-hydrogen) atoms. The highest BCUT2D eigenvalue weighted by Crippen LogP contribution is 2.38. The zero-order chi connectivity index (χ0) is 14.7. The van der Waals surface area contributed by atoms with Crippen LogP contribution in [-0.4, -0.2) is 74.7 Å². The van der Waals surface area contributed by atoms with Crippen LogP contribution >= 0.6 is 24.0 Å². The molecule has 0 bridgehead atoms. The molecule has 1 amide bonds. The van der Waals surface area contributed by atoms with Crippen molar-refractivity contribution in [3.05, 3.63) is 0 Å². The van der Waals surface area contributed by atoms with E-state index in [-0.39, 0.29) is 29.9 Å². The van der Waals surface area contributed by atoms with Crippen molar-refractivity contribution in [2.24, 2.45) is 10.4 Å². The fraction of sp³-hybridized carbons (Fsp3) is 0.867. The molecular formula is C15H27IN4O2. The first-order valence-corrected chi connectivity index (χ1v) is 8.04. The van der Waals surface area contributed by atoms with E-state index in [1.165, 1.54) is 0 Å². The number of carbonyl (C=O) groups excluding carboxylic acids is 1. The topological polar surface area (TPSA) is 57.2 Å². The number of rotatable bonds is 2. The van der Waals surface area contributed by atoms with Gasteiger partial charge in [0.1, 0.15) is 0 Å². The Morgan fingerprint density at radius 1 is 1.23 bits per heavy atom. The molecule has 3 saturated heterocycles. The molecule has 0 aromatic carbocycles. The molecule has 0 radical (unpaired) electrons. The Labute approximate surface area is 149 Å². The lowest BCUT2D eigenvalue weighted by Crippen LogP contribution is -2.46. The van der Waals surface area contributed by atoms with Gasteiger partial charge in [-0.1, -0.05) is 0 Å². The van der Waals surface area contributed by atoms with Gasteiger partial charge < -0.3 is 19.9 Å². The van der Waals surface area contributed by atoms with E-state index in [1.807, 2.05) is 4.90 Å². The normalized spacial score (nSPS) is 28.3. The Kier molecular flexibility index (Phi) is 6.31. The van der Waals surface area contributed by atoms with Crippen molar-refractivity contribution in [1.82, 2.24) is 15.1 Å². The maximum atomic E-state index is 12.1. The Morgan fingerprint density at radius 2 is 2.00 bits per heavy atom. The lowest BCUT2D eigenvalue weighted by atomic mass is 9.87. The van der Waals surface area contributed by atoms with Crippen LogP contribution in [0.3, 0.4) is 0 Å². The smallest absolute Gasteiger partial charge is 0.241 e. The van der Waals surface area contributed by atoms with Crippen LogP contribution in [0.2, 0.25) is 0 Å². The number of amides is 1. The van der Waals surface area contributed by atoms with Crippen LogP contribution in [0.15, 0.2) is 4.99 Å². The van der Waals surface area contributed by atoms with Crippen LogP contribution in [-0.2, 0) is 9.53 Å². The molecule has 3 heterocycles. The molecule has 0 aliphatic carbocycles. The van der Waals surface area contributed by atoms with Crippen molar-refractivity contribution in [1.29, 1.82) is 0 Å². The number of hydrogen-bond acceptors (Lipinski definition) is 3. The maximum Gasteiger partial charge on any atom is 0.241 e. The van der Waals surface area contributed by atoms with E-state index < -0.39 is 0 Å². The summed E-state index contributed by atoms with van der Waals surface area (Å²) in [4.78, 5) is 20.7. The van der Waals surface area contributed by atoms with Gasteiger partial charge in [-0.2, -0.15) is 0 Å². The third-order valence-electron chi connectivity index (χ3n) is 4.99. The minimum absolute atomic E-state index is 0. The highest BCUT2D eigenvalue weighted by Gasteiger charge is 2.42. The molecule has 6 nitrogen and oxygen atoms in total. The van der Waals surface area contributed by atoms with Crippen molar-refractivity contribution in [2.75, 3.05) is 53.0 Å². The number of halogens is 1. The summed E-state index contributed by atoms with van der Waals surface area (Å²) in [5.41, 5.74) is 0.316. The number of hydrogen-bond donors (Lipinski definition) is 1. The molecule has 1 N–H and O–H groups in total. The molecule has 0 saturated carbocycles. The lowest BCUT2D eigenvalue weighted by Gasteiger charge is -2.25. The van der Waals surface area contributed by atoms with Gasteiger partial charge in [0.2, 0.25) is 5.91 Å². The van der Waals surface area contributed by atoms with Gasteiger partial charge in [-0.15, -0.1) is 24.0 Å². The Balaban J connectivity index is 0.00000176. The van der Waals surface area contributed by atoms with Crippen molar-refractivity contribution in [3.8, 4) is 0 Å². The quantitative estimate of drug-likeness (QED) is 0.409. The van der Waals surface area contributed by atoms with Gasteiger partial charge in [0.05, 0.1) is 13.2 Å². The third-order valence-corrected chi connectivity index (χ3v) is 4.99. The summed E-state index contributed by atoms with van der Waals surface area (Å²) < 4.78 is 5.56. The van der Waals surface area contributed by atoms with Gasteiger partial charge in [-0.3, -0.25) is 9.79 Å². The highest BCUT2D eigenvalue weighted by atomic mass is 127. The average Bonchev–Trinajstić information content (AvgIpc) is 3.23. The second-order valence-corrected chi connectivity index (χ2v) is 6.46. The molecule has 1 atom stereocenters. The molecule has 7 heteroatoms. The van der Waals surface area contributed by atoms with Crippen LogP contribution in [0.4, 0.5) is 0 Å². The second-order valence-electron chi connectivity index (χ2n) is 6.46. The highest BCUT2D eigenvalue weighted by molar-refractivity contribution is 14.0. The first-order valence-electron chi connectivity index (χ1n) is 8.04. The van der Waals surface area contributed by atoms with Crippen molar-refractivity contribution in [2.45, 2.75) is 25.7 Å². The molecule has 126 valence electrons. The molecule has 3 aliphatic rings. The van der Waals surface area contributed by atoms with Gasteiger partial charge in [-0.25, -0.2) is 0 Å². The minimum atomic E-state index is 0. The first kappa shape index (κ1) is 17.8. The molecule has 3 fully saturated rings. The van der Waals surface area contributed by atoms with Crippen LogP contribution in [0.5, 0.6) is 0 Å². The zero-order valence-corrected chi connectivity index (χ0v) is 15.7. The summed E-state index contributed by atoms with van der Waals surface area (Å²) >= 11 is 0. The number of likely N-dealkylation sites (tertiary alicyclic amines) is 2. The van der Waals surface area contributed by atoms with Crippen LogP contribution in [0, 0.1) is 5.41 Å². The van der Waals surface area contributed by atoms with Gasteiger partial charge in [0.15, 0.2) is 5.96 Å². The predicted octanol–water partition coefficient (Wildman–Crippen LogP) is 0.915. The molecule has 1 spiro atoms. The fourth-order valence-electron chi connectivity index (χ4n) is 3.65. The zero-order valence-electron chi connectivity index (χ0n) is 13.3. The fourth-order valence-corrected chi connectivity index (χ4v) is 3.65. The van der Waals surface area contributed by atoms with E-state index in [0.29, 0.717) is 12.0 Å². The average molecular weight is 422 g/mol. The Morgan fingerprint density at radius 3 is 2.64 bits per heavy atom. The number of aliphatic imine (C=N–C) groups is 1. The Hall–Kier alpha value is -0.570. The summed E-state index contributed by atoms with van der Waals surface area (Å²) in [7, 11) is 1.79.